The summed E-state index contributed by atoms with van der Waals surface area (Å²) in [6.07, 6.45) is 4.34. The predicted octanol–water partition coefficient (Wildman–Crippen LogP) is 1.79. The van der Waals surface area contributed by atoms with E-state index in [2.05, 4.69) is 19.2 Å². The summed E-state index contributed by atoms with van der Waals surface area (Å²) in [5.74, 6) is 0. The molecule has 0 aromatic carbocycles. The highest BCUT2D eigenvalue weighted by Crippen LogP contribution is 2.54. The summed E-state index contributed by atoms with van der Waals surface area (Å²) in [5.41, 5.74) is 1.26. The fourth-order valence-corrected chi connectivity index (χ4v) is 2.69. The third kappa shape index (κ3) is 0.619. The maximum Gasteiger partial charge on any atom is 0.00111 e. The number of nitrogens with one attached hydrogen (secondary N) is 1. The summed E-state index contributed by atoms with van der Waals surface area (Å²) < 4.78 is 0. The van der Waals surface area contributed by atoms with Crippen LogP contribution in [0.3, 0.4) is 0 Å². The number of fused-ring (bicyclic) bond motifs is 1. The Morgan fingerprint density at radius 2 is 1.50 bits per heavy atom. The van der Waals surface area contributed by atoms with Crippen LogP contribution in [-0.2, 0) is 0 Å². The van der Waals surface area contributed by atoms with Gasteiger partial charge in [0, 0.05) is 13.1 Å². The highest BCUT2D eigenvalue weighted by molar-refractivity contribution is 5.04. The van der Waals surface area contributed by atoms with Crippen LogP contribution in [0.25, 0.3) is 0 Å². The Morgan fingerprint density at radius 3 is 2.00 bits per heavy atom. The standard InChI is InChI=1S/C9H17N/c1-8-4-3-5-9(8,2)7-10-6-8/h10H,3-7H2,1-2H3/t8-,9+. The third-order valence-corrected chi connectivity index (χ3v) is 3.94. The number of hydrogen-bond acceptors (Lipinski definition) is 1. The average Bonchev–Trinajstić information content (AvgIpc) is 2.20. The number of hydrogen-bond donors (Lipinski definition) is 1. The molecule has 2 aliphatic rings. The molecule has 0 aromatic rings. The molecule has 0 bridgehead atoms. The molecule has 1 aliphatic heterocycles. The second-order valence-electron chi connectivity index (χ2n) is 4.58. The SMILES string of the molecule is C[C@@]12CCC[C@]1(C)CNC2. The summed E-state index contributed by atoms with van der Waals surface area (Å²) >= 11 is 0. The largest absolute Gasteiger partial charge is 0.316 e. The Bertz CT molecular complexity index is 125. The minimum atomic E-state index is 0.632. The van der Waals surface area contributed by atoms with Gasteiger partial charge in [-0.3, -0.25) is 0 Å². The molecule has 10 heavy (non-hydrogen) atoms. The molecule has 1 N–H and O–H groups in total. The molecule has 1 aliphatic carbocycles. The van der Waals surface area contributed by atoms with Gasteiger partial charge in [0.2, 0.25) is 0 Å². The van der Waals surface area contributed by atoms with E-state index in [1.165, 1.54) is 32.4 Å². The van der Waals surface area contributed by atoms with Crippen LogP contribution in [0.1, 0.15) is 33.1 Å². The zero-order valence-electron chi connectivity index (χ0n) is 7.04. The lowest BCUT2D eigenvalue weighted by Gasteiger charge is -2.32. The monoisotopic (exact) mass is 139 g/mol. The molecule has 0 aromatic heterocycles. The van der Waals surface area contributed by atoms with Crippen LogP contribution < -0.4 is 5.32 Å². The topological polar surface area (TPSA) is 12.0 Å². The van der Waals surface area contributed by atoms with Crippen molar-refractivity contribution < 1.29 is 0 Å². The highest BCUT2D eigenvalue weighted by atomic mass is 15.0. The summed E-state index contributed by atoms with van der Waals surface area (Å²) in [6.45, 7) is 7.40. The van der Waals surface area contributed by atoms with Crippen LogP contribution in [0, 0.1) is 10.8 Å². The Kier molecular flexibility index (Phi) is 1.17. The van der Waals surface area contributed by atoms with Crippen molar-refractivity contribution in [3.63, 3.8) is 0 Å². The molecule has 1 heteroatoms. The van der Waals surface area contributed by atoms with Crippen molar-refractivity contribution in [3.05, 3.63) is 0 Å². The first-order chi connectivity index (χ1) is 4.66. The lowest BCUT2D eigenvalue weighted by Crippen LogP contribution is -2.30. The molecule has 0 unspecified atom stereocenters. The van der Waals surface area contributed by atoms with Gasteiger partial charge >= 0.3 is 0 Å². The van der Waals surface area contributed by atoms with E-state index in [4.69, 9.17) is 0 Å². The molecule has 2 rings (SSSR count). The van der Waals surface area contributed by atoms with E-state index in [9.17, 15) is 0 Å². The minimum Gasteiger partial charge on any atom is -0.316 e. The molecule has 1 nitrogen and oxygen atoms in total. The summed E-state index contributed by atoms with van der Waals surface area (Å²) in [6, 6.07) is 0. The van der Waals surface area contributed by atoms with Crippen molar-refractivity contribution in [2.45, 2.75) is 33.1 Å². The highest BCUT2D eigenvalue weighted by Gasteiger charge is 2.51. The maximum atomic E-state index is 3.51. The van der Waals surface area contributed by atoms with Crippen LogP contribution in [0.2, 0.25) is 0 Å². The van der Waals surface area contributed by atoms with Gasteiger partial charge in [-0.05, 0) is 23.7 Å². The Hall–Kier alpha value is -0.0400. The van der Waals surface area contributed by atoms with Crippen molar-refractivity contribution in [1.29, 1.82) is 0 Å². The molecular weight excluding hydrogens is 122 g/mol. The smallest absolute Gasteiger partial charge is 0.00111 e. The Balaban J connectivity index is 2.30. The van der Waals surface area contributed by atoms with Crippen LogP contribution in [0.5, 0.6) is 0 Å². The molecule has 1 saturated carbocycles. The quantitative estimate of drug-likeness (QED) is 0.539. The zero-order valence-corrected chi connectivity index (χ0v) is 7.04. The van der Waals surface area contributed by atoms with Crippen LogP contribution >= 0.6 is 0 Å². The van der Waals surface area contributed by atoms with E-state index in [0.717, 1.165) is 0 Å². The zero-order chi connectivity index (χ0) is 7.24. The normalized spacial score (nSPS) is 53.4. The molecule has 0 spiro atoms. The van der Waals surface area contributed by atoms with E-state index < -0.39 is 0 Å². The molecular formula is C9H17N. The molecule has 58 valence electrons. The molecule has 0 radical (unpaired) electrons. The van der Waals surface area contributed by atoms with E-state index in [1.54, 1.807) is 0 Å². The van der Waals surface area contributed by atoms with Gasteiger partial charge in [-0.15, -0.1) is 0 Å². The van der Waals surface area contributed by atoms with Gasteiger partial charge in [-0.25, -0.2) is 0 Å². The lowest BCUT2D eigenvalue weighted by atomic mass is 9.71. The second kappa shape index (κ2) is 1.76. The average molecular weight is 139 g/mol. The van der Waals surface area contributed by atoms with Crippen molar-refractivity contribution >= 4 is 0 Å². The van der Waals surface area contributed by atoms with Gasteiger partial charge in [0.05, 0.1) is 0 Å². The summed E-state index contributed by atoms with van der Waals surface area (Å²) in [7, 11) is 0. The van der Waals surface area contributed by atoms with Crippen LogP contribution in [0.15, 0.2) is 0 Å². The van der Waals surface area contributed by atoms with E-state index in [1.807, 2.05) is 0 Å². The first-order valence-corrected chi connectivity index (χ1v) is 4.37. The maximum absolute atomic E-state index is 3.51. The Labute approximate surface area is 63.2 Å². The summed E-state index contributed by atoms with van der Waals surface area (Å²) in [5, 5.41) is 3.51. The van der Waals surface area contributed by atoms with Crippen molar-refractivity contribution in [3.8, 4) is 0 Å². The molecule has 2 atom stereocenters. The van der Waals surface area contributed by atoms with E-state index in [-0.39, 0.29) is 0 Å². The fourth-order valence-electron chi connectivity index (χ4n) is 2.69. The minimum absolute atomic E-state index is 0.632. The van der Waals surface area contributed by atoms with Gasteiger partial charge in [-0.1, -0.05) is 20.3 Å². The van der Waals surface area contributed by atoms with Gasteiger partial charge < -0.3 is 5.32 Å². The van der Waals surface area contributed by atoms with Crippen LogP contribution in [0.4, 0.5) is 0 Å². The van der Waals surface area contributed by atoms with Gasteiger partial charge in [0.25, 0.3) is 0 Å². The van der Waals surface area contributed by atoms with E-state index >= 15 is 0 Å². The van der Waals surface area contributed by atoms with Gasteiger partial charge in [0.1, 0.15) is 0 Å². The predicted molar refractivity (Wildman–Crippen MR) is 42.9 cm³/mol. The van der Waals surface area contributed by atoms with Gasteiger partial charge in [0.15, 0.2) is 0 Å². The fraction of sp³-hybridized carbons (Fsp3) is 1.00. The lowest BCUT2D eigenvalue weighted by molar-refractivity contribution is 0.184. The summed E-state index contributed by atoms with van der Waals surface area (Å²) in [4.78, 5) is 0. The Morgan fingerprint density at radius 1 is 1.00 bits per heavy atom. The first-order valence-electron chi connectivity index (χ1n) is 4.37. The second-order valence-corrected chi connectivity index (χ2v) is 4.58. The van der Waals surface area contributed by atoms with Crippen molar-refractivity contribution in [2.75, 3.05) is 13.1 Å². The first kappa shape index (κ1) is 6.66. The molecule has 1 saturated heterocycles. The van der Waals surface area contributed by atoms with Crippen LogP contribution in [-0.4, -0.2) is 13.1 Å². The molecule has 2 fully saturated rings. The third-order valence-electron chi connectivity index (χ3n) is 3.94. The number of rotatable bonds is 0. The van der Waals surface area contributed by atoms with Gasteiger partial charge in [-0.2, -0.15) is 0 Å². The van der Waals surface area contributed by atoms with E-state index in [0.29, 0.717) is 10.8 Å². The van der Waals surface area contributed by atoms with Crippen molar-refractivity contribution in [2.24, 2.45) is 10.8 Å². The van der Waals surface area contributed by atoms with Crippen molar-refractivity contribution in [1.82, 2.24) is 5.32 Å². The molecule has 0 amide bonds. The molecule has 1 heterocycles.